The number of amides is 1. The summed E-state index contributed by atoms with van der Waals surface area (Å²) in [7, 11) is 3.11. The van der Waals surface area contributed by atoms with E-state index in [0.29, 0.717) is 16.5 Å². The van der Waals surface area contributed by atoms with Crippen LogP contribution in [0.15, 0.2) is 48.5 Å². The molecule has 0 heterocycles. The number of carbonyl (C=O) groups excluding carboxylic acids is 2. The van der Waals surface area contributed by atoms with Crippen LogP contribution < -0.4 is 14.8 Å². The summed E-state index contributed by atoms with van der Waals surface area (Å²) in [4.78, 5) is 23.9. The highest BCUT2D eigenvalue weighted by Crippen LogP contribution is 2.29. The van der Waals surface area contributed by atoms with Crippen LogP contribution >= 0.6 is 11.6 Å². The molecule has 0 saturated carbocycles. The number of hydrogen-bond donors (Lipinski definition) is 1. The van der Waals surface area contributed by atoms with Gasteiger partial charge in [-0.25, -0.2) is 4.79 Å². The monoisotopic (exact) mass is 403 g/mol. The standard InChI is InChI=1S/C21H22ClNO5/c1-14(18-12-17(26-2)9-10-19(18)27-3)23-20(24)13-28-21(25)11-6-15-4-7-16(22)8-5-15/h4-12,14H,13H2,1-3H3,(H,23,24)/b11-6+/t14-/m0/s1. The van der Waals surface area contributed by atoms with E-state index in [1.165, 1.54) is 6.08 Å². The van der Waals surface area contributed by atoms with Crippen LogP contribution in [-0.4, -0.2) is 32.7 Å². The summed E-state index contributed by atoms with van der Waals surface area (Å²) in [5, 5.41) is 3.38. The summed E-state index contributed by atoms with van der Waals surface area (Å²) in [5.41, 5.74) is 1.55. The number of ether oxygens (including phenoxy) is 3. The molecular formula is C21H22ClNO5. The van der Waals surface area contributed by atoms with Gasteiger partial charge in [-0.1, -0.05) is 23.7 Å². The molecule has 6 nitrogen and oxygen atoms in total. The molecule has 2 aromatic carbocycles. The van der Waals surface area contributed by atoms with Gasteiger partial charge >= 0.3 is 5.97 Å². The van der Waals surface area contributed by atoms with Crippen LogP contribution in [0.2, 0.25) is 5.02 Å². The Labute approximate surface area is 169 Å². The van der Waals surface area contributed by atoms with Crippen molar-refractivity contribution < 1.29 is 23.8 Å². The third-order valence-corrected chi connectivity index (χ3v) is 4.16. The van der Waals surface area contributed by atoms with Gasteiger partial charge in [-0.3, -0.25) is 4.79 Å². The van der Waals surface area contributed by atoms with Gasteiger partial charge in [0.15, 0.2) is 6.61 Å². The van der Waals surface area contributed by atoms with E-state index >= 15 is 0 Å². The van der Waals surface area contributed by atoms with Gasteiger partial charge in [-0.2, -0.15) is 0 Å². The summed E-state index contributed by atoms with van der Waals surface area (Å²) in [6, 6.07) is 11.9. The lowest BCUT2D eigenvalue weighted by molar-refractivity contribution is -0.144. The molecule has 7 heteroatoms. The molecule has 2 aromatic rings. The van der Waals surface area contributed by atoms with E-state index in [9.17, 15) is 9.59 Å². The van der Waals surface area contributed by atoms with Crippen molar-refractivity contribution in [3.8, 4) is 11.5 Å². The van der Waals surface area contributed by atoms with Crippen molar-refractivity contribution >= 4 is 29.6 Å². The molecule has 0 unspecified atom stereocenters. The van der Waals surface area contributed by atoms with Crippen molar-refractivity contribution in [3.63, 3.8) is 0 Å². The molecule has 0 aliphatic rings. The molecule has 0 aliphatic carbocycles. The van der Waals surface area contributed by atoms with Crippen LogP contribution in [0.4, 0.5) is 0 Å². The van der Waals surface area contributed by atoms with Gasteiger partial charge in [-0.15, -0.1) is 0 Å². The fourth-order valence-electron chi connectivity index (χ4n) is 2.46. The second kappa shape index (κ2) is 10.4. The SMILES string of the molecule is COc1ccc(OC)c([C@H](C)NC(=O)COC(=O)/C=C/c2ccc(Cl)cc2)c1. The molecule has 0 radical (unpaired) electrons. The zero-order valence-electron chi connectivity index (χ0n) is 15.9. The lowest BCUT2D eigenvalue weighted by atomic mass is 10.1. The number of nitrogens with one attached hydrogen (secondary N) is 1. The Hall–Kier alpha value is -2.99. The van der Waals surface area contributed by atoms with Gasteiger partial charge in [0.1, 0.15) is 11.5 Å². The van der Waals surface area contributed by atoms with Crippen molar-refractivity contribution in [2.24, 2.45) is 0 Å². The van der Waals surface area contributed by atoms with Crippen LogP contribution in [0.1, 0.15) is 24.1 Å². The average Bonchev–Trinajstić information content (AvgIpc) is 2.71. The van der Waals surface area contributed by atoms with E-state index in [2.05, 4.69) is 5.32 Å². The molecular weight excluding hydrogens is 382 g/mol. The van der Waals surface area contributed by atoms with Crippen LogP contribution in [-0.2, 0) is 14.3 Å². The van der Waals surface area contributed by atoms with Gasteiger partial charge in [0.05, 0.1) is 20.3 Å². The molecule has 2 rings (SSSR count). The summed E-state index contributed by atoms with van der Waals surface area (Å²) in [5.74, 6) is 0.231. The topological polar surface area (TPSA) is 73.9 Å². The second-order valence-corrected chi connectivity index (χ2v) is 6.33. The molecule has 1 N–H and O–H groups in total. The second-order valence-electron chi connectivity index (χ2n) is 5.89. The number of benzene rings is 2. The van der Waals surface area contributed by atoms with Crippen LogP contribution in [0.3, 0.4) is 0 Å². The Bertz CT molecular complexity index is 848. The van der Waals surface area contributed by atoms with E-state index < -0.39 is 11.9 Å². The smallest absolute Gasteiger partial charge is 0.331 e. The molecule has 0 saturated heterocycles. The van der Waals surface area contributed by atoms with Gasteiger partial charge in [0.2, 0.25) is 0 Å². The Kier molecular flexibility index (Phi) is 7.89. The summed E-state index contributed by atoms with van der Waals surface area (Å²) in [6.07, 6.45) is 2.84. The minimum atomic E-state index is -0.614. The van der Waals surface area contributed by atoms with E-state index in [1.807, 2.05) is 0 Å². The molecule has 0 aliphatic heterocycles. The van der Waals surface area contributed by atoms with Crippen molar-refractivity contribution in [2.45, 2.75) is 13.0 Å². The number of halogens is 1. The van der Waals surface area contributed by atoms with Crippen molar-refractivity contribution in [2.75, 3.05) is 20.8 Å². The Balaban J connectivity index is 1.88. The zero-order chi connectivity index (χ0) is 20.5. The van der Waals surface area contributed by atoms with Gasteiger partial charge in [-0.05, 0) is 48.9 Å². The van der Waals surface area contributed by atoms with Crippen LogP contribution in [0.5, 0.6) is 11.5 Å². The molecule has 0 spiro atoms. The highest BCUT2D eigenvalue weighted by molar-refractivity contribution is 6.30. The van der Waals surface area contributed by atoms with Crippen LogP contribution in [0, 0.1) is 0 Å². The molecule has 28 heavy (non-hydrogen) atoms. The van der Waals surface area contributed by atoms with E-state index in [-0.39, 0.29) is 12.6 Å². The largest absolute Gasteiger partial charge is 0.497 e. The zero-order valence-corrected chi connectivity index (χ0v) is 16.7. The number of esters is 1. The number of rotatable bonds is 8. The van der Waals surface area contributed by atoms with Crippen molar-refractivity contribution in [1.82, 2.24) is 5.32 Å². The third kappa shape index (κ3) is 6.32. The predicted molar refractivity (Wildman–Crippen MR) is 108 cm³/mol. The molecule has 0 aromatic heterocycles. The summed E-state index contributed by atoms with van der Waals surface area (Å²) in [6.45, 7) is 1.41. The van der Waals surface area contributed by atoms with Crippen molar-refractivity contribution in [1.29, 1.82) is 0 Å². The summed E-state index contributed by atoms with van der Waals surface area (Å²) < 4.78 is 15.5. The molecule has 0 fully saturated rings. The maximum absolute atomic E-state index is 12.1. The highest BCUT2D eigenvalue weighted by atomic mass is 35.5. The van der Waals surface area contributed by atoms with Gasteiger partial charge < -0.3 is 19.5 Å². The fraction of sp³-hybridized carbons (Fsp3) is 0.238. The minimum absolute atomic E-state index is 0.360. The van der Waals surface area contributed by atoms with Crippen LogP contribution in [0.25, 0.3) is 6.08 Å². The average molecular weight is 404 g/mol. The summed E-state index contributed by atoms with van der Waals surface area (Å²) >= 11 is 5.81. The molecule has 1 atom stereocenters. The Morgan fingerprint density at radius 1 is 1.11 bits per heavy atom. The quantitative estimate of drug-likeness (QED) is 0.536. The first kappa shape index (κ1) is 21.3. The molecule has 1 amide bonds. The lowest BCUT2D eigenvalue weighted by Gasteiger charge is -2.18. The normalized spacial score (nSPS) is 11.7. The first-order chi connectivity index (χ1) is 13.4. The number of methoxy groups -OCH3 is 2. The maximum atomic E-state index is 12.1. The first-order valence-corrected chi connectivity index (χ1v) is 8.92. The maximum Gasteiger partial charge on any atom is 0.331 e. The van der Waals surface area contributed by atoms with Gasteiger partial charge in [0.25, 0.3) is 5.91 Å². The number of carbonyl (C=O) groups is 2. The Morgan fingerprint density at radius 2 is 1.82 bits per heavy atom. The van der Waals surface area contributed by atoms with Gasteiger partial charge in [0, 0.05) is 16.7 Å². The van der Waals surface area contributed by atoms with E-state index in [1.54, 1.807) is 69.7 Å². The first-order valence-electron chi connectivity index (χ1n) is 8.54. The molecule has 148 valence electrons. The predicted octanol–water partition coefficient (Wildman–Crippen LogP) is 3.79. The number of hydrogen-bond acceptors (Lipinski definition) is 5. The van der Waals surface area contributed by atoms with E-state index in [4.69, 9.17) is 25.8 Å². The highest BCUT2D eigenvalue weighted by Gasteiger charge is 2.16. The van der Waals surface area contributed by atoms with Crippen molar-refractivity contribution in [3.05, 3.63) is 64.7 Å². The third-order valence-electron chi connectivity index (χ3n) is 3.91. The molecule has 0 bridgehead atoms. The fourth-order valence-corrected chi connectivity index (χ4v) is 2.59. The minimum Gasteiger partial charge on any atom is -0.497 e. The lowest BCUT2D eigenvalue weighted by Crippen LogP contribution is -2.31. The van der Waals surface area contributed by atoms with E-state index in [0.717, 1.165) is 11.1 Å². The Morgan fingerprint density at radius 3 is 2.46 bits per heavy atom.